The molecule has 3 nitrogen and oxygen atoms in total. The van der Waals surface area contributed by atoms with E-state index in [2.05, 4.69) is 10.4 Å². The van der Waals surface area contributed by atoms with E-state index in [1.54, 1.807) is 6.07 Å². The lowest BCUT2D eigenvalue weighted by Crippen LogP contribution is -2.24. The third kappa shape index (κ3) is 1.51. The molecule has 0 aliphatic carbocycles. The van der Waals surface area contributed by atoms with Crippen molar-refractivity contribution >= 4 is 0 Å². The first kappa shape index (κ1) is 9.54. The van der Waals surface area contributed by atoms with E-state index in [4.69, 9.17) is 0 Å². The highest BCUT2D eigenvalue weighted by Gasteiger charge is 2.15. The second kappa shape index (κ2) is 3.72. The molecule has 1 aliphatic rings. The van der Waals surface area contributed by atoms with Crippen molar-refractivity contribution in [2.45, 2.75) is 13.0 Å². The second-order valence-electron chi connectivity index (χ2n) is 3.93. The summed E-state index contributed by atoms with van der Waals surface area (Å²) in [7, 11) is 0. The van der Waals surface area contributed by atoms with Gasteiger partial charge in [-0.1, -0.05) is 6.07 Å². The van der Waals surface area contributed by atoms with Gasteiger partial charge < -0.3 is 5.32 Å². The van der Waals surface area contributed by atoms with Gasteiger partial charge in [-0.2, -0.15) is 5.10 Å². The summed E-state index contributed by atoms with van der Waals surface area (Å²) in [5.41, 5.74) is 3.17. The lowest BCUT2D eigenvalue weighted by atomic mass is 10.1. The fraction of sp³-hybridized carbons (Fsp3) is 0.250. The summed E-state index contributed by atoms with van der Waals surface area (Å²) in [5.74, 6) is -0.231. The average molecular weight is 217 g/mol. The van der Waals surface area contributed by atoms with E-state index in [0.717, 1.165) is 30.9 Å². The van der Waals surface area contributed by atoms with E-state index in [1.807, 2.05) is 16.9 Å². The van der Waals surface area contributed by atoms with Crippen molar-refractivity contribution in [1.82, 2.24) is 15.1 Å². The van der Waals surface area contributed by atoms with Crippen molar-refractivity contribution in [2.75, 3.05) is 6.54 Å². The van der Waals surface area contributed by atoms with Crippen molar-refractivity contribution in [2.24, 2.45) is 0 Å². The SMILES string of the molecule is Fc1cccc(-n2ncc3c2CNCC3)c1. The molecule has 1 N–H and O–H groups in total. The number of aromatic nitrogens is 2. The fourth-order valence-corrected chi connectivity index (χ4v) is 2.07. The highest BCUT2D eigenvalue weighted by molar-refractivity contribution is 5.36. The van der Waals surface area contributed by atoms with Crippen LogP contribution in [0.1, 0.15) is 11.3 Å². The van der Waals surface area contributed by atoms with E-state index in [1.165, 1.54) is 17.7 Å². The zero-order valence-corrected chi connectivity index (χ0v) is 8.78. The first-order chi connectivity index (χ1) is 7.84. The topological polar surface area (TPSA) is 29.9 Å². The molecule has 0 unspecified atom stereocenters. The molecule has 1 aliphatic heterocycles. The van der Waals surface area contributed by atoms with Gasteiger partial charge >= 0.3 is 0 Å². The minimum Gasteiger partial charge on any atom is -0.311 e. The molecule has 0 saturated carbocycles. The summed E-state index contributed by atoms with van der Waals surface area (Å²) in [4.78, 5) is 0. The van der Waals surface area contributed by atoms with Crippen LogP contribution in [0, 0.1) is 5.82 Å². The largest absolute Gasteiger partial charge is 0.311 e. The third-order valence-corrected chi connectivity index (χ3v) is 2.87. The lowest BCUT2D eigenvalue weighted by molar-refractivity contribution is 0.607. The van der Waals surface area contributed by atoms with E-state index in [0.29, 0.717) is 0 Å². The molecule has 0 fully saturated rings. The molecule has 0 atom stereocenters. The number of nitrogens with zero attached hydrogens (tertiary/aromatic N) is 2. The van der Waals surface area contributed by atoms with Gasteiger partial charge in [0.05, 0.1) is 17.6 Å². The van der Waals surface area contributed by atoms with Crippen LogP contribution < -0.4 is 5.32 Å². The smallest absolute Gasteiger partial charge is 0.125 e. The number of nitrogens with one attached hydrogen (secondary N) is 1. The molecule has 0 spiro atoms. The summed E-state index contributed by atoms with van der Waals surface area (Å²) >= 11 is 0. The van der Waals surface area contributed by atoms with Crippen LogP contribution in [0.2, 0.25) is 0 Å². The molecule has 0 radical (unpaired) electrons. The van der Waals surface area contributed by atoms with Crippen LogP contribution >= 0.6 is 0 Å². The first-order valence-corrected chi connectivity index (χ1v) is 5.37. The molecule has 3 rings (SSSR count). The van der Waals surface area contributed by atoms with Crippen LogP contribution in [0.5, 0.6) is 0 Å². The maximum atomic E-state index is 13.1. The average Bonchev–Trinajstić information content (AvgIpc) is 2.72. The zero-order chi connectivity index (χ0) is 11.0. The molecular weight excluding hydrogens is 205 g/mol. The minimum absolute atomic E-state index is 0.231. The highest BCUT2D eigenvalue weighted by Crippen LogP contribution is 2.18. The molecule has 0 bridgehead atoms. The van der Waals surface area contributed by atoms with E-state index in [-0.39, 0.29) is 5.82 Å². The summed E-state index contributed by atoms with van der Waals surface area (Å²) in [5, 5.41) is 7.62. The molecule has 0 saturated heterocycles. The molecule has 2 aromatic rings. The summed E-state index contributed by atoms with van der Waals surface area (Å²) in [6, 6.07) is 6.51. The summed E-state index contributed by atoms with van der Waals surface area (Å²) in [6.07, 6.45) is 2.87. The van der Waals surface area contributed by atoms with E-state index >= 15 is 0 Å². The minimum atomic E-state index is -0.231. The summed E-state index contributed by atoms with van der Waals surface area (Å²) in [6.45, 7) is 1.79. The quantitative estimate of drug-likeness (QED) is 0.787. The van der Waals surface area contributed by atoms with Gasteiger partial charge in [0, 0.05) is 6.54 Å². The third-order valence-electron chi connectivity index (χ3n) is 2.87. The van der Waals surface area contributed by atoms with Gasteiger partial charge in [0.2, 0.25) is 0 Å². The van der Waals surface area contributed by atoms with E-state index in [9.17, 15) is 4.39 Å². The van der Waals surface area contributed by atoms with Gasteiger partial charge in [0.15, 0.2) is 0 Å². The number of halogens is 1. The Kier molecular flexibility index (Phi) is 2.22. The van der Waals surface area contributed by atoms with Gasteiger partial charge in [0.25, 0.3) is 0 Å². The molecule has 1 aromatic carbocycles. The standard InChI is InChI=1S/C12H12FN3/c13-10-2-1-3-11(6-10)16-12-8-14-5-4-9(12)7-15-16/h1-3,6-7,14H,4-5,8H2. The van der Waals surface area contributed by atoms with Crippen molar-refractivity contribution in [3.8, 4) is 5.69 Å². The monoisotopic (exact) mass is 217 g/mol. The second-order valence-corrected chi connectivity index (χ2v) is 3.93. The van der Waals surface area contributed by atoms with Gasteiger partial charge in [-0.15, -0.1) is 0 Å². The maximum absolute atomic E-state index is 13.1. The van der Waals surface area contributed by atoms with Crippen molar-refractivity contribution in [3.05, 3.63) is 47.5 Å². The first-order valence-electron chi connectivity index (χ1n) is 5.37. The summed E-state index contributed by atoms with van der Waals surface area (Å²) < 4.78 is 14.9. The number of hydrogen-bond donors (Lipinski definition) is 1. The highest BCUT2D eigenvalue weighted by atomic mass is 19.1. The van der Waals surface area contributed by atoms with Crippen LogP contribution in [0.4, 0.5) is 4.39 Å². The van der Waals surface area contributed by atoms with Crippen LogP contribution in [-0.2, 0) is 13.0 Å². The van der Waals surface area contributed by atoms with Gasteiger partial charge in [0.1, 0.15) is 5.82 Å². The Morgan fingerprint density at radius 3 is 3.19 bits per heavy atom. The van der Waals surface area contributed by atoms with Crippen molar-refractivity contribution in [3.63, 3.8) is 0 Å². The Morgan fingerprint density at radius 2 is 2.31 bits per heavy atom. The number of rotatable bonds is 1. The van der Waals surface area contributed by atoms with Crippen molar-refractivity contribution < 1.29 is 4.39 Å². The van der Waals surface area contributed by atoms with Gasteiger partial charge in [-0.3, -0.25) is 0 Å². The van der Waals surface area contributed by atoms with E-state index < -0.39 is 0 Å². The number of fused-ring (bicyclic) bond motifs is 1. The normalized spacial score (nSPS) is 14.8. The molecular formula is C12H12FN3. The molecule has 1 aromatic heterocycles. The predicted molar refractivity (Wildman–Crippen MR) is 58.9 cm³/mol. The lowest BCUT2D eigenvalue weighted by Gasteiger charge is -2.15. The maximum Gasteiger partial charge on any atom is 0.125 e. The Labute approximate surface area is 92.9 Å². The van der Waals surface area contributed by atoms with Crippen LogP contribution in [-0.4, -0.2) is 16.3 Å². The van der Waals surface area contributed by atoms with Gasteiger partial charge in [-0.25, -0.2) is 9.07 Å². The molecule has 82 valence electrons. The predicted octanol–water partition coefficient (Wildman–Crippen LogP) is 1.66. The fourth-order valence-electron chi connectivity index (χ4n) is 2.07. The Morgan fingerprint density at radius 1 is 1.38 bits per heavy atom. The molecule has 0 amide bonds. The molecule has 4 heteroatoms. The zero-order valence-electron chi connectivity index (χ0n) is 8.78. The molecule has 2 heterocycles. The van der Waals surface area contributed by atoms with Gasteiger partial charge in [-0.05, 0) is 36.7 Å². The molecule has 16 heavy (non-hydrogen) atoms. The number of hydrogen-bond acceptors (Lipinski definition) is 2. The van der Waals surface area contributed by atoms with Crippen LogP contribution in [0.25, 0.3) is 5.69 Å². The Bertz CT molecular complexity index is 519. The Balaban J connectivity index is 2.09. The van der Waals surface area contributed by atoms with Crippen molar-refractivity contribution in [1.29, 1.82) is 0 Å². The van der Waals surface area contributed by atoms with Crippen LogP contribution in [0.3, 0.4) is 0 Å². The Hall–Kier alpha value is -1.68. The van der Waals surface area contributed by atoms with Crippen LogP contribution in [0.15, 0.2) is 30.5 Å². The number of benzene rings is 1.